The highest BCUT2D eigenvalue weighted by Gasteiger charge is 2.18. The van der Waals surface area contributed by atoms with Crippen molar-refractivity contribution in [3.8, 4) is 0 Å². The maximum atomic E-state index is 12.4. The Balaban J connectivity index is 2.16. The van der Waals surface area contributed by atoms with Crippen LogP contribution in [0.4, 0.5) is 5.82 Å². The van der Waals surface area contributed by atoms with Crippen molar-refractivity contribution in [3.05, 3.63) is 65.6 Å². The van der Waals surface area contributed by atoms with Gasteiger partial charge in [0, 0.05) is 6.20 Å². The fraction of sp³-hybridized carbons (Fsp3) is 0.222. The summed E-state index contributed by atoms with van der Waals surface area (Å²) >= 11 is 0. The number of pyridine rings is 1. The maximum absolute atomic E-state index is 12.4. The molecule has 25 heavy (non-hydrogen) atoms. The number of rotatable bonds is 6. The molecule has 0 aliphatic heterocycles. The average molecular weight is 339 g/mol. The smallest absolute Gasteiger partial charge is 0.274 e. The Morgan fingerprint density at radius 1 is 1.36 bits per heavy atom. The fourth-order valence-electron chi connectivity index (χ4n) is 2.12. The minimum Gasteiger partial charge on any atom is -0.464 e. The second-order valence-electron chi connectivity index (χ2n) is 5.35. The number of nitrogen functional groups attached to an aromatic ring is 1. The van der Waals surface area contributed by atoms with Gasteiger partial charge in [0.2, 0.25) is 0 Å². The minimum atomic E-state index is -0.412. The predicted octanol–water partition coefficient (Wildman–Crippen LogP) is 2.52. The van der Waals surface area contributed by atoms with Gasteiger partial charge in [0.15, 0.2) is 11.5 Å². The number of aryl methyl sites for hydroxylation is 2. The van der Waals surface area contributed by atoms with E-state index in [2.05, 4.69) is 26.8 Å². The second kappa shape index (κ2) is 8.05. The third-order valence-corrected chi connectivity index (χ3v) is 3.46. The zero-order chi connectivity index (χ0) is 18.4. The van der Waals surface area contributed by atoms with E-state index in [9.17, 15) is 4.79 Å². The molecule has 7 heteroatoms. The lowest BCUT2D eigenvalue weighted by Crippen LogP contribution is -2.26. The Bertz CT molecular complexity index is 830. The van der Waals surface area contributed by atoms with Crippen molar-refractivity contribution >= 4 is 17.5 Å². The molecule has 2 rings (SSSR count). The van der Waals surface area contributed by atoms with E-state index in [1.54, 1.807) is 19.2 Å². The number of allylic oxidation sites excluding steroid dienone is 1. The quantitative estimate of drug-likeness (QED) is 0.784. The molecular weight excluding hydrogens is 318 g/mol. The molecular formula is C18H21N5O2. The van der Waals surface area contributed by atoms with Crippen LogP contribution in [0.1, 0.15) is 40.1 Å². The van der Waals surface area contributed by atoms with E-state index < -0.39 is 5.91 Å². The molecule has 0 saturated carbocycles. The van der Waals surface area contributed by atoms with Gasteiger partial charge in [-0.2, -0.15) is 0 Å². The Morgan fingerprint density at radius 3 is 2.80 bits per heavy atom. The number of ether oxygens (including phenoxy) is 1. The van der Waals surface area contributed by atoms with Crippen LogP contribution in [-0.4, -0.2) is 20.9 Å². The van der Waals surface area contributed by atoms with E-state index >= 15 is 0 Å². The number of nitrogens with zero attached hydrogens (tertiary/aromatic N) is 3. The van der Waals surface area contributed by atoms with Gasteiger partial charge in [-0.25, -0.2) is 9.97 Å². The van der Waals surface area contributed by atoms with Crippen LogP contribution in [0.3, 0.4) is 0 Å². The lowest BCUT2D eigenvalue weighted by molar-refractivity contribution is 0.0945. The zero-order valence-electron chi connectivity index (χ0n) is 14.5. The molecule has 2 aromatic rings. The van der Waals surface area contributed by atoms with Gasteiger partial charge in [0.25, 0.3) is 5.91 Å². The minimum absolute atomic E-state index is 0.0149. The molecule has 0 spiro atoms. The molecule has 2 heterocycles. The first-order chi connectivity index (χ1) is 11.9. The van der Waals surface area contributed by atoms with Crippen molar-refractivity contribution in [2.45, 2.75) is 27.3 Å². The lowest BCUT2D eigenvalue weighted by Gasteiger charge is -2.11. The van der Waals surface area contributed by atoms with E-state index in [1.807, 2.05) is 26.0 Å². The predicted molar refractivity (Wildman–Crippen MR) is 96.3 cm³/mol. The Hall–Kier alpha value is -3.22. The van der Waals surface area contributed by atoms with Gasteiger partial charge in [0.05, 0.1) is 24.2 Å². The number of nitrogens with two attached hydrogens (primary N) is 1. The first kappa shape index (κ1) is 18.1. The first-order valence-corrected chi connectivity index (χ1v) is 7.74. The normalized spacial score (nSPS) is 10.7. The van der Waals surface area contributed by atoms with Gasteiger partial charge in [-0.15, -0.1) is 0 Å². The van der Waals surface area contributed by atoms with Gasteiger partial charge in [-0.1, -0.05) is 18.7 Å². The van der Waals surface area contributed by atoms with Crippen LogP contribution < -0.4 is 11.1 Å². The number of carbonyl (C=O) groups excluding carboxylic acids is 1. The van der Waals surface area contributed by atoms with E-state index in [4.69, 9.17) is 10.5 Å². The first-order valence-electron chi connectivity index (χ1n) is 7.74. The monoisotopic (exact) mass is 339 g/mol. The number of hydrogen-bond acceptors (Lipinski definition) is 6. The van der Waals surface area contributed by atoms with Crippen molar-refractivity contribution in [1.82, 2.24) is 20.3 Å². The summed E-state index contributed by atoms with van der Waals surface area (Å²) in [6.45, 7) is 9.53. The highest BCUT2D eigenvalue weighted by atomic mass is 16.5. The number of aromatic nitrogens is 3. The third-order valence-electron chi connectivity index (χ3n) is 3.46. The number of hydrogen-bond donors (Lipinski definition) is 2. The molecule has 0 atom stereocenters. The number of anilines is 1. The van der Waals surface area contributed by atoms with E-state index in [-0.39, 0.29) is 18.1 Å². The Kier molecular flexibility index (Phi) is 5.84. The molecule has 2 aromatic heterocycles. The summed E-state index contributed by atoms with van der Waals surface area (Å²) in [5, 5.41) is 2.76. The molecule has 7 nitrogen and oxygen atoms in total. The van der Waals surface area contributed by atoms with E-state index in [1.165, 1.54) is 6.26 Å². The van der Waals surface area contributed by atoms with E-state index in [0.29, 0.717) is 17.1 Å². The van der Waals surface area contributed by atoms with Crippen molar-refractivity contribution in [2.24, 2.45) is 0 Å². The van der Waals surface area contributed by atoms with Crippen molar-refractivity contribution in [1.29, 1.82) is 0 Å². The SMILES string of the molecule is C=C(O/C=C\C)c1nc(N)c(C(=O)NCc2ncccc2C)nc1C. The number of nitrogens with one attached hydrogen (secondary N) is 1. The molecule has 1 amide bonds. The average Bonchev–Trinajstić information content (AvgIpc) is 2.60. The molecule has 0 radical (unpaired) electrons. The molecule has 0 aliphatic carbocycles. The highest BCUT2D eigenvalue weighted by Crippen LogP contribution is 2.18. The Labute approximate surface area is 146 Å². The van der Waals surface area contributed by atoms with Crippen LogP contribution in [0.5, 0.6) is 0 Å². The summed E-state index contributed by atoms with van der Waals surface area (Å²) in [7, 11) is 0. The van der Waals surface area contributed by atoms with Gasteiger partial charge >= 0.3 is 0 Å². The van der Waals surface area contributed by atoms with Crippen molar-refractivity contribution in [2.75, 3.05) is 5.73 Å². The topological polar surface area (TPSA) is 103 Å². The molecule has 0 saturated heterocycles. The Morgan fingerprint density at radius 2 is 2.12 bits per heavy atom. The summed E-state index contributed by atoms with van der Waals surface area (Å²) in [5.74, 6) is -0.0865. The number of carbonyl (C=O) groups is 1. The standard InChI is InChI=1S/C18H21N5O2/c1-5-9-25-13(4)15-12(3)22-16(17(19)23-15)18(24)21-10-14-11(2)7-6-8-20-14/h5-9H,4,10H2,1-3H3,(H2,19,23)(H,21,24)/b9-5-. The van der Waals surface area contributed by atoms with Gasteiger partial charge in [-0.05, 0) is 32.4 Å². The molecule has 0 bridgehead atoms. The van der Waals surface area contributed by atoms with Crippen molar-refractivity contribution in [3.63, 3.8) is 0 Å². The summed E-state index contributed by atoms with van der Waals surface area (Å²) < 4.78 is 5.29. The van der Waals surface area contributed by atoms with Crippen LogP contribution in [-0.2, 0) is 11.3 Å². The van der Waals surface area contributed by atoms with Crippen LogP contribution in [0, 0.1) is 13.8 Å². The van der Waals surface area contributed by atoms with Crippen LogP contribution >= 0.6 is 0 Å². The third kappa shape index (κ3) is 4.41. The van der Waals surface area contributed by atoms with Gasteiger partial charge in [-0.3, -0.25) is 9.78 Å². The van der Waals surface area contributed by atoms with E-state index in [0.717, 1.165) is 11.3 Å². The van der Waals surface area contributed by atoms with Crippen LogP contribution in [0.25, 0.3) is 5.76 Å². The summed E-state index contributed by atoms with van der Waals surface area (Å²) in [6, 6.07) is 3.77. The summed E-state index contributed by atoms with van der Waals surface area (Å²) in [5.41, 5.74) is 8.64. The van der Waals surface area contributed by atoms with Crippen LogP contribution in [0.15, 0.2) is 37.2 Å². The van der Waals surface area contributed by atoms with Crippen LogP contribution in [0.2, 0.25) is 0 Å². The highest BCUT2D eigenvalue weighted by molar-refractivity contribution is 5.96. The largest absolute Gasteiger partial charge is 0.464 e. The molecule has 0 unspecified atom stereocenters. The molecule has 130 valence electrons. The summed E-state index contributed by atoms with van der Waals surface area (Å²) in [6.07, 6.45) is 4.88. The number of amides is 1. The zero-order valence-corrected chi connectivity index (χ0v) is 14.5. The summed E-state index contributed by atoms with van der Waals surface area (Å²) in [4.78, 5) is 25.1. The molecule has 0 fully saturated rings. The van der Waals surface area contributed by atoms with Gasteiger partial charge in [0.1, 0.15) is 11.5 Å². The molecule has 0 aliphatic rings. The van der Waals surface area contributed by atoms with Gasteiger partial charge < -0.3 is 15.8 Å². The van der Waals surface area contributed by atoms with Crippen molar-refractivity contribution < 1.29 is 9.53 Å². The second-order valence-corrected chi connectivity index (χ2v) is 5.35. The maximum Gasteiger partial charge on any atom is 0.274 e. The molecule has 3 N–H and O–H groups in total. The lowest BCUT2D eigenvalue weighted by atomic mass is 10.2. The molecule has 0 aromatic carbocycles. The fourth-order valence-corrected chi connectivity index (χ4v) is 2.12.